The molecule has 1 fully saturated rings. The van der Waals surface area contributed by atoms with E-state index in [4.69, 9.17) is 9.47 Å². The molecule has 1 N–H and O–H groups in total. The number of rotatable bonds is 7. The zero-order valence-corrected chi connectivity index (χ0v) is 11.9. The van der Waals surface area contributed by atoms with Crippen LogP contribution in [-0.4, -0.2) is 34.4 Å². The van der Waals surface area contributed by atoms with Gasteiger partial charge in [0.25, 0.3) is 0 Å². The van der Waals surface area contributed by atoms with Crippen molar-refractivity contribution in [3.63, 3.8) is 0 Å². The van der Waals surface area contributed by atoms with Crippen molar-refractivity contribution in [1.82, 2.24) is 4.72 Å². The molecule has 0 aromatic heterocycles. The molecule has 0 aliphatic heterocycles. The molecule has 0 spiro atoms. The SMILES string of the molecule is COc1cccc([C@H](CNS(=O)(=O)C2CC2)OC)c1. The van der Waals surface area contributed by atoms with Crippen LogP contribution >= 0.6 is 0 Å². The van der Waals surface area contributed by atoms with Crippen molar-refractivity contribution >= 4 is 10.0 Å². The van der Waals surface area contributed by atoms with Gasteiger partial charge in [0.15, 0.2) is 0 Å². The van der Waals surface area contributed by atoms with E-state index in [0.29, 0.717) is 0 Å². The molecule has 0 amide bonds. The Hall–Kier alpha value is -1.11. The third kappa shape index (κ3) is 3.68. The molecular formula is C13H19NO4S. The molecule has 0 radical (unpaired) electrons. The molecule has 5 nitrogen and oxygen atoms in total. The normalized spacial score (nSPS) is 17.2. The topological polar surface area (TPSA) is 64.6 Å². The maximum absolute atomic E-state index is 11.8. The minimum Gasteiger partial charge on any atom is -0.497 e. The zero-order chi connectivity index (χ0) is 13.9. The van der Waals surface area contributed by atoms with Gasteiger partial charge in [-0.25, -0.2) is 13.1 Å². The van der Waals surface area contributed by atoms with Crippen LogP contribution in [0.4, 0.5) is 0 Å². The minimum atomic E-state index is -3.18. The van der Waals surface area contributed by atoms with E-state index in [-0.39, 0.29) is 17.9 Å². The van der Waals surface area contributed by atoms with E-state index in [1.165, 1.54) is 0 Å². The summed E-state index contributed by atoms with van der Waals surface area (Å²) >= 11 is 0. The number of sulfonamides is 1. The molecule has 2 rings (SSSR count). The van der Waals surface area contributed by atoms with Gasteiger partial charge >= 0.3 is 0 Å². The van der Waals surface area contributed by atoms with Gasteiger partial charge in [-0.1, -0.05) is 12.1 Å². The van der Waals surface area contributed by atoms with Gasteiger partial charge in [0, 0.05) is 13.7 Å². The summed E-state index contributed by atoms with van der Waals surface area (Å²) in [6.07, 6.45) is 1.20. The van der Waals surface area contributed by atoms with Crippen LogP contribution in [0.5, 0.6) is 5.75 Å². The molecule has 1 aliphatic carbocycles. The van der Waals surface area contributed by atoms with Crippen molar-refractivity contribution in [3.8, 4) is 5.75 Å². The number of methoxy groups -OCH3 is 2. The Balaban J connectivity index is 2.03. The third-order valence-corrected chi connectivity index (χ3v) is 5.10. The Bertz CT molecular complexity index is 525. The molecule has 1 aromatic rings. The van der Waals surface area contributed by atoms with Crippen molar-refractivity contribution in [3.05, 3.63) is 29.8 Å². The van der Waals surface area contributed by atoms with E-state index in [1.54, 1.807) is 14.2 Å². The standard InChI is InChI=1S/C13H19NO4S/c1-17-11-5-3-4-10(8-11)13(18-2)9-14-19(15,16)12-6-7-12/h3-5,8,12-14H,6-7,9H2,1-2H3/t13-/m0/s1. The van der Waals surface area contributed by atoms with E-state index in [0.717, 1.165) is 24.2 Å². The quantitative estimate of drug-likeness (QED) is 0.824. The van der Waals surface area contributed by atoms with Gasteiger partial charge in [0.1, 0.15) is 5.75 Å². The molecule has 106 valence electrons. The summed E-state index contributed by atoms with van der Waals surface area (Å²) in [6.45, 7) is 0.239. The highest BCUT2D eigenvalue weighted by atomic mass is 32.2. The first-order valence-corrected chi connectivity index (χ1v) is 7.76. The van der Waals surface area contributed by atoms with Gasteiger partial charge in [-0.2, -0.15) is 0 Å². The number of ether oxygens (including phenoxy) is 2. The monoisotopic (exact) mass is 285 g/mol. The van der Waals surface area contributed by atoms with Crippen molar-refractivity contribution in [2.24, 2.45) is 0 Å². The number of benzene rings is 1. The molecule has 19 heavy (non-hydrogen) atoms. The zero-order valence-electron chi connectivity index (χ0n) is 11.1. The molecule has 1 aromatic carbocycles. The lowest BCUT2D eigenvalue weighted by Gasteiger charge is -2.17. The first-order valence-electron chi connectivity index (χ1n) is 6.22. The fourth-order valence-corrected chi connectivity index (χ4v) is 3.24. The summed E-state index contributed by atoms with van der Waals surface area (Å²) in [5, 5.41) is -0.213. The summed E-state index contributed by atoms with van der Waals surface area (Å²) in [4.78, 5) is 0. The van der Waals surface area contributed by atoms with E-state index in [9.17, 15) is 8.42 Å². The van der Waals surface area contributed by atoms with Crippen molar-refractivity contribution in [1.29, 1.82) is 0 Å². The lowest BCUT2D eigenvalue weighted by Crippen LogP contribution is -2.31. The number of hydrogen-bond acceptors (Lipinski definition) is 4. The summed E-state index contributed by atoms with van der Waals surface area (Å²) < 4.78 is 36.7. The predicted octanol–water partition coefficient (Wildman–Crippen LogP) is 1.46. The van der Waals surface area contributed by atoms with Crippen molar-refractivity contribution < 1.29 is 17.9 Å². The minimum absolute atomic E-state index is 0.213. The number of nitrogens with one attached hydrogen (secondary N) is 1. The second-order valence-corrected chi connectivity index (χ2v) is 6.64. The molecule has 0 bridgehead atoms. The van der Waals surface area contributed by atoms with Crippen LogP contribution in [0.2, 0.25) is 0 Å². The highest BCUT2D eigenvalue weighted by molar-refractivity contribution is 7.90. The first kappa shape index (κ1) is 14.3. The highest BCUT2D eigenvalue weighted by Crippen LogP contribution is 2.28. The van der Waals surface area contributed by atoms with Gasteiger partial charge < -0.3 is 9.47 Å². The second-order valence-electron chi connectivity index (χ2n) is 4.59. The Morgan fingerprint density at radius 3 is 2.68 bits per heavy atom. The lowest BCUT2D eigenvalue weighted by molar-refractivity contribution is 0.107. The van der Waals surface area contributed by atoms with Gasteiger partial charge in [0.2, 0.25) is 10.0 Å². The number of hydrogen-bond donors (Lipinski definition) is 1. The van der Waals surface area contributed by atoms with Crippen LogP contribution in [0.3, 0.4) is 0 Å². The fourth-order valence-electron chi connectivity index (χ4n) is 1.87. The summed E-state index contributed by atoms with van der Waals surface area (Å²) in [5.74, 6) is 0.726. The largest absolute Gasteiger partial charge is 0.497 e. The average Bonchev–Trinajstić information content (AvgIpc) is 3.24. The van der Waals surface area contributed by atoms with Crippen LogP contribution in [0.1, 0.15) is 24.5 Å². The summed E-state index contributed by atoms with van der Waals surface area (Å²) in [6, 6.07) is 7.43. The Morgan fingerprint density at radius 1 is 1.37 bits per heavy atom. The van der Waals surface area contributed by atoms with E-state index >= 15 is 0 Å². The molecule has 6 heteroatoms. The van der Waals surface area contributed by atoms with E-state index in [2.05, 4.69) is 4.72 Å². The van der Waals surface area contributed by atoms with Crippen molar-refractivity contribution in [2.75, 3.05) is 20.8 Å². The maximum atomic E-state index is 11.8. The van der Waals surface area contributed by atoms with Gasteiger partial charge in [-0.3, -0.25) is 0 Å². The molecule has 0 unspecified atom stereocenters. The second kappa shape index (κ2) is 5.90. The van der Waals surface area contributed by atoms with Crippen LogP contribution < -0.4 is 9.46 Å². The smallest absolute Gasteiger partial charge is 0.214 e. The molecule has 1 atom stereocenters. The molecule has 1 aliphatic rings. The Kier molecular flexibility index (Phi) is 4.44. The Labute approximate surface area is 114 Å². The summed E-state index contributed by atoms with van der Waals surface area (Å²) in [5.41, 5.74) is 0.889. The Morgan fingerprint density at radius 2 is 2.11 bits per heavy atom. The van der Waals surface area contributed by atoms with Crippen LogP contribution in [-0.2, 0) is 14.8 Å². The van der Waals surface area contributed by atoms with Crippen LogP contribution in [0, 0.1) is 0 Å². The highest BCUT2D eigenvalue weighted by Gasteiger charge is 2.35. The predicted molar refractivity (Wildman–Crippen MR) is 72.7 cm³/mol. The van der Waals surface area contributed by atoms with Gasteiger partial charge in [-0.05, 0) is 30.5 Å². The van der Waals surface area contributed by atoms with Crippen molar-refractivity contribution in [2.45, 2.75) is 24.2 Å². The van der Waals surface area contributed by atoms with E-state index in [1.807, 2.05) is 24.3 Å². The van der Waals surface area contributed by atoms with Gasteiger partial charge in [-0.15, -0.1) is 0 Å². The third-order valence-electron chi connectivity index (χ3n) is 3.18. The van der Waals surface area contributed by atoms with Crippen LogP contribution in [0.15, 0.2) is 24.3 Å². The van der Waals surface area contributed by atoms with Gasteiger partial charge in [0.05, 0.1) is 18.5 Å². The van der Waals surface area contributed by atoms with Crippen LogP contribution in [0.25, 0.3) is 0 Å². The average molecular weight is 285 g/mol. The molecule has 1 saturated carbocycles. The maximum Gasteiger partial charge on any atom is 0.214 e. The molecule has 0 saturated heterocycles. The molecular weight excluding hydrogens is 266 g/mol. The van der Waals surface area contributed by atoms with E-state index < -0.39 is 10.0 Å². The summed E-state index contributed by atoms with van der Waals surface area (Å²) in [7, 11) is -0.0182. The lowest BCUT2D eigenvalue weighted by atomic mass is 10.1. The fraction of sp³-hybridized carbons (Fsp3) is 0.538. The first-order chi connectivity index (χ1) is 9.06. The molecule has 0 heterocycles.